The summed E-state index contributed by atoms with van der Waals surface area (Å²) in [5.41, 5.74) is 3.45. The number of ether oxygens (including phenoxy) is 1. The molecule has 0 fully saturated rings. The zero-order valence-electron chi connectivity index (χ0n) is 25.1. The Morgan fingerprint density at radius 1 is 0.929 bits per heavy atom. The third-order valence-corrected chi connectivity index (χ3v) is 8.24. The molecule has 2 amide bonds. The number of sulfonamides is 1. The van der Waals surface area contributed by atoms with Crippen LogP contribution in [-0.2, 0) is 32.6 Å². The van der Waals surface area contributed by atoms with Gasteiger partial charge >= 0.3 is 0 Å². The first-order chi connectivity index (χ1) is 20.1. The third kappa shape index (κ3) is 9.91. The zero-order valence-corrected chi connectivity index (χ0v) is 25.9. The lowest BCUT2D eigenvalue weighted by Crippen LogP contribution is -2.50. The minimum Gasteiger partial charge on any atom is -0.497 e. The second-order valence-electron chi connectivity index (χ2n) is 10.5. The van der Waals surface area contributed by atoms with Crippen molar-refractivity contribution >= 4 is 27.5 Å². The van der Waals surface area contributed by atoms with E-state index in [1.165, 1.54) is 4.31 Å². The van der Waals surface area contributed by atoms with Crippen molar-refractivity contribution in [1.29, 1.82) is 0 Å². The van der Waals surface area contributed by atoms with Crippen molar-refractivity contribution in [2.45, 2.75) is 58.5 Å². The smallest absolute Gasteiger partial charge is 0.243 e. The first kappa shape index (κ1) is 32.7. The number of anilines is 1. The molecule has 0 saturated carbocycles. The van der Waals surface area contributed by atoms with Crippen LogP contribution in [0.3, 0.4) is 0 Å². The van der Waals surface area contributed by atoms with Gasteiger partial charge in [0.2, 0.25) is 21.8 Å². The number of nitrogens with zero attached hydrogens (tertiary/aromatic N) is 2. The number of aryl methyl sites for hydroxylation is 1. The molecule has 226 valence electrons. The minimum absolute atomic E-state index is 0.0848. The van der Waals surface area contributed by atoms with Gasteiger partial charge in [-0.15, -0.1) is 0 Å². The second-order valence-corrected chi connectivity index (χ2v) is 12.4. The summed E-state index contributed by atoms with van der Waals surface area (Å²) in [7, 11) is -2.04. The van der Waals surface area contributed by atoms with Gasteiger partial charge in [-0.1, -0.05) is 73.5 Å². The fraction of sp³-hybridized carbons (Fsp3) is 0.394. The van der Waals surface area contributed by atoms with E-state index in [1.54, 1.807) is 36.3 Å². The van der Waals surface area contributed by atoms with Gasteiger partial charge in [-0.25, -0.2) is 8.42 Å². The summed E-state index contributed by atoms with van der Waals surface area (Å²) in [6.07, 6.45) is 3.69. The van der Waals surface area contributed by atoms with Crippen molar-refractivity contribution in [1.82, 2.24) is 10.2 Å². The van der Waals surface area contributed by atoms with Crippen molar-refractivity contribution in [2.24, 2.45) is 0 Å². The van der Waals surface area contributed by atoms with Crippen LogP contribution < -0.4 is 14.4 Å². The van der Waals surface area contributed by atoms with Crippen molar-refractivity contribution < 1.29 is 22.7 Å². The molecule has 8 nitrogen and oxygen atoms in total. The highest BCUT2D eigenvalue weighted by atomic mass is 32.2. The molecule has 1 N–H and O–H groups in total. The Morgan fingerprint density at radius 3 is 2.24 bits per heavy atom. The Balaban J connectivity index is 1.86. The number of methoxy groups -OCH3 is 1. The summed E-state index contributed by atoms with van der Waals surface area (Å²) in [5, 5.41) is 3.03. The van der Waals surface area contributed by atoms with Crippen LogP contribution in [-0.4, -0.2) is 57.6 Å². The van der Waals surface area contributed by atoms with E-state index in [9.17, 15) is 18.0 Å². The first-order valence-electron chi connectivity index (χ1n) is 14.4. The zero-order chi connectivity index (χ0) is 30.5. The molecular weight excluding hydrogens is 550 g/mol. The summed E-state index contributed by atoms with van der Waals surface area (Å²) < 4.78 is 31.8. The van der Waals surface area contributed by atoms with E-state index in [2.05, 4.69) is 12.2 Å². The molecule has 9 heteroatoms. The third-order valence-electron chi connectivity index (χ3n) is 7.05. The van der Waals surface area contributed by atoms with Crippen molar-refractivity contribution in [3.05, 3.63) is 95.6 Å². The highest BCUT2D eigenvalue weighted by Gasteiger charge is 2.30. The maximum Gasteiger partial charge on any atom is 0.243 e. The van der Waals surface area contributed by atoms with Crippen LogP contribution in [0.25, 0.3) is 0 Å². The fourth-order valence-electron chi connectivity index (χ4n) is 4.82. The summed E-state index contributed by atoms with van der Waals surface area (Å²) in [6, 6.07) is 23.6. The molecule has 3 aromatic rings. The Bertz CT molecular complexity index is 1390. The fourth-order valence-corrected chi connectivity index (χ4v) is 5.79. The van der Waals surface area contributed by atoms with Gasteiger partial charge in [-0.05, 0) is 55.2 Å². The number of carbonyl (C=O) groups excluding carboxylic acids is 2. The highest BCUT2D eigenvalue weighted by Crippen LogP contribution is 2.23. The molecule has 0 aromatic heterocycles. The van der Waals surface area contributed by atoms with Crippen molar-refractivity contribution in [2.75, 3.05) is 30.8 Å². The SMILES string of the molecule is CCCCNC(=O)[C@H](Cc1ccccc1)N(Cc1cccc(C)c1)C(=O)CCCN(c1ccc(OC)cc1)S(C)(=O)=O. The monoisotopic (exact) mass is 593 g/mol. The molecule has 1 atom stereocenters. The number of carbonyl (C=O) groups is 2. The number of unbranched alkanes of at least 4 members (excludes halogenated alkanes) is 1. The van der Waals surface area contributed by atoms with Gasteiger partial charge in [0, 0.05) is 32.5 Å². The molecule has 0 radical (unpaired) electrons. The van der Waals surface area contributed by atoms with Gasteiger partial charge in [-0.3, -0.25) is 13.9 Å². The molecule has 3 aromatic carbocycles. The molecule has 0 aliphatic carbocycles. The molecule has 0 bridgehead atoms. The summed E-state index contributed by atoms with van der Waals surface area (Å²) in [4.78, 5) is 29.1. The van der Waals surface area contributed by atoms with Crippen LogP contribution in [0.15, 0.2) is 78.9 Å². The average Bonchev–Trinajstić information content (AvgIpc) is 2.97. The maximum atomic E-state index is 13.9. The van der Waals surface area contributed by atoms with Gasteiger partial charge in [-0.2, -0.15) is 0 Å². The molecule has 0 heterocycles. The number of rotatable bonds is 16. The first-order valence-corrected chi connectivity index (χ1v) is 16.3. The molecule has 0 unspecified atom stereocenters. The number of hydrogen-bond donors (Lipinski definition) is 1. The van der Waals surface area contributed by atoms with E-state index in [4.69, 9.17) is 4.74 Å². The van der Waals surface area contributed by atoms with Gasteiger partial charge in [0.05, 0.1) is 19.1 Å². The highest BCUT2D eigenvalue weighted by molar-refractivity contribution is 7.92. The van der Waals surface area contributed by atoms with E-state index in [0.29, 0.717) is 24.4 Å². The summed E-state index contributed by atoms with van der Waals surface area (Å²) >= 11 is 0. The summed E-state index contributed by atoms with van der Waals surface area (Å²) in [5.74, 6) is 0.228. The lowest BCUT2D eigenvalue weighted by atomic mass is 10.0. The lowest BCUT2D eigenvalue weighted by molar-refractivity contribution is -0.141. The van der Waals surface area contributed by atoms with Crippen LogP contribution >= 0.6 is 0 Å². The van der Waals surface area contributed by atoms with Crippen LogP contribution in [0.2, 0.25) is 0 Å². The molecule has 0 spiro atoms. The number of nitrogens with one attached hydrogen (secondary N) is 1. The van der Waals surface area contributed by atoms with Gasteiger partial charge in [0.15, 0.2) is 0 Å². The number of hydrogen-bond acceptors (Lipinski definition) is 5. The molecule has 0 aliphatic rings. The van der Waals surface area contributed by atoms with E-state index in [-0.39, 0.29) is 37.7 Å². The average molecular weight is 594 g/mol. The van der Waals surface area contributed by atoms with Gasteiger partial charge in [0.1, 0.15) is 11.8 Å². The molecule has 42 heavy (non-hydrogen) atoms. The van der Waals surface area contributed by atoms with Crippen LogP contribution in [0.1, 0.15) is 49.3 Å². The Kier molecular flexibility index (Phi) is 12.4. The normalized spacial score (nSPS) is 11.9. The topological polar surface area (TPSA) is 96.0 Å². The Hall–Kier alpha value is -3.85. The van der Waals surface area contributed by atoms with E-state index >= 15 is 0 Å². The van der Waals surface area contributed by atoms with Crippen LogP contribution in [0.4, 0.5) is 5.69 Å². The van der Waals surface area contributed by atoms with Crippen LogP contribution in [0, 0.1) is 6.92 Å². The van der Waals surface area contributed by atoms with Gasteiger partial charge < -0.3 is 15.0 Å². The predicted octanol–water partition coefficient (Wildman–Crippen LogP) is 5.11. The number of amides is 2. The Labute approximate surface area is 250 Å². The molecule has 0 aliphatic heterocycles. The largest absolute Gasteiger partial charge is 0.497 e. The second kappa shape index (κ2) is 16.0. The maximum absolute atomic E-state index is 13.9. The standard InChI is InChI=1S/C33H43N3O5S/c1-5-6-21-34-33(38)31(24-27-13-8-7-9-14-27)35(25-28-15-10-12-26(2)23-28)32(37)16-11-22-36(42(4,39)40)29-17-19-30(41-3)20-18-29/h7-10,12-15,17-20,23,31H,5-6,11,16,21-22,24-25H2,1-4H3,(H,34,38)/t31-/m0/s1. The molecule has 0 saturated heterocycles. The van der Waals surface area contributed by atoms with E-state index in [0.717, 1.165) is 35.8 Å². The van der Waals surface area contributed by atoms with Gasteiger partial charge in [0.25, 0.3) is 0 Å². The Morgan fingerprint density at radius 2 is 1.62 bits per heavy atom. The minimum atomic E-state index is -3.59. The molecule has 3 rings (SSSR count). The van der Waals surface area contributed by atoms with Crippen LogP contribution in [0.5, 0.6) is 5.75 Å². The number of benzene rings is 3. The predicted molar refractivity (Wildman–Crippen MR) is 168 cm³/mol. The quantitative estimate of drug-likeness (QED) is 0.233. The van der Waals surface area contributed by atoms with E-state index in [1.807, 2.05) is 61.5 Å². The van der Waals surface area contributed by atoms with E-state index < -0.39 is 16.1 Å². The van der Waals surface area contributed by atoms with Crippen molar-refractivity contribution in [3.63, 3.8) is 0 Å². The summed E-state index contributed by atoms with van der Waals surface area (Å²) in [6.45, 7) is 4.99. The molecular formula is C33H43N3O5S. The van der Waals surface area contributed by atoms with Crippen molar-refractivity contribution in [3.8, 4) is 5.75 Å². The lowest BCUT2D eigenvalue weighted by Gasteiger charge is -2.32.